The van der Waals surface area contributed by atoms with Crippen LogP contribution in [0.5, 0.6) is 0 Å². The third kappa shape index (κ3) is 8.16. The van der Waals surface area contributed by atoms with Crippen molar-refractivity contribution in [1.82, 2.24) is 0 Å². The van der Waals surface area contributed by atoms with Crippen molar-refractivity contribution in [2.24, 2.45) is 5.41 Å². The van der Waals surface area contributed by atoms with Gasteiger partial charge in [0, 0.05) is 25.3 Å². The van der Waals surface area contributed by atoms with Crippen molar-refractivity contribution in [2.75, 3.05) is 0 Å². The summed E-state index contributed by atoms with van der Waals surface area (Å²) >= 11 is 0. The van der Waals surface area contributed by atoms with E-state index in [0.29, 0.717) is 25.0 Å². The summed E-state index contributed by atoms with van der Waals surface area (Å²) in [6, 6.07) is 0. The lowest BCUT2D eigenvalue weighted by Gasteiger charge is -2.27. The molecule has 1 aliphatic rings. The van der Waals surface area contributed by atoms with E-state index < -0.39 is 0 Å². The van der Waals surface area contributed by atoms with Crippen LogP contribution in [-0.2, 0) is 14.3 Å². The number of esters is 1. The summed E-state index contributed by atoms with van der Waals surface area (Å²) in [6.07, 6.45) is 12.9. The highest BCUT2D eigenvalue weighted by atomic mass is 16.5. The van der Waals surface area contributed by atoms with E-state index >= 15 is 0 Å². The Morgan fingerprint density at radius 3 is 2.45 bits per heavy atom. The summed E-state index contributed by atoms with van der Waals surface area (Å²) in [5.41, 5.74) is -0.104. The average molecular weight is 306 g/mol. The average Bonchev–Trinajstić information content (AvgIpc) is 2.39. The van der Waals surface area contributed by atoms with Crippen LogP contribution in [0, 0.1) is 5.41 Å². The molecule has 0 saturated carbocycles. The number of carbonyl (C=O) groups is 2. The van der Waals surface area contributed by atoms with Crippen LogP contribution < -0.4 is 0 Å². The van der Waals surface area contributed by atoms with Gasteiger partial charge in [0.2, 0.25) is 0 Å². The first kappa shape index (κ1) is 18.7. The zero-order valence-electron chi connectivity index (χ0n) is 14.2. The number of hydrogen-bond donors (Lipinski definition) is 0. The maximum Gasteiger partial charge on any atom is 0.310 e. The van der Waals surface area contributed by atoms with Crippen molar-refractivity contribution < 1.29 is 14.3 Å². The molecule has 0 spiro atoms. The summed E-state index contributed by atoms with van der Waals surface area (Å²) < 4.78 is 5.35. The van der Waals surface area contributed by atoms with Gasteiger partial charge in [-0.1, -0.05) is 45.6 Å². The number of unbranched alkanes of at least 4 members (excludes halogenated alkanes) is 6. The third-order valence-corrected chi connectivity index (χ3v) is 3.91. The van der Waals surface area contributed by atoms with Crippen LogP contribution in [0.2, 0.25) is 0 Å². The molecule has 3 heteroatoms. The first-order valence-electron chi connectivity index (χ1n) is 8.48. The SMILES string of the molecule is C=CCCCCCCCCC(=O)OC1=CC(=O)CC(C)(C)C1. The predicted molar refractivity (Wildman–Crippen MR) is 89.3 cm³/mol. The smallest absolute Gasteiger partial charge is 0.310 e. The Morgan fingerprint density at radius 1 is 1.18 bits per heavy atom. The molecule has 0 radical (unpaired) electrons. The second-order valence-corrected chi connectivity index (χ2v) is 7.02. The molecule has 1 aliphatic carbocycles. The van der Waals surface area contributed by atoms with Gasteiger partial charge in [0.25, 0.3) is 0 Å². The van der Waals surface area contributed by atoms with E-state index in [1.807, 2.05) is 19.9 Å². The molecule has 1 rings (SSSR count). The van der Waals surface area contributed by atoms with Crippen molar-refractivity contribution in [1.29, 1.82) is 0 Å². The van der Waals surface area contributed by atoms with Gasteiger partial charge in [0.15, 0.2) is 5.78 Å². The fourth-order valence-corrected chi connectivity index (χ4v) is 2.82. The monoisotopic (exact) mass is 306 g/mol. The summed E-state index contributed by atoms with van der Waals surface area (Å²) in [7, 11) is 0. The molecule has 0 atom stereocenters. The maximum atomic E-state index is 11.8. The van der Waals surface area contributed by atoms with E-state index in [1.165, 1.54) is 31.8 Å². The number of allylic oxidation sites excluding steroid dienone is 3. The summed E-state index contributed by atoms with van der Waals surface area (Å²) in [5, 5.41) is 0. The van der Waals surface area contributed by atoms with Gasteiger partial charge in [-0.2, -0.15) is 0 Å². The van der Waals surface area contributed by atoms with E-state index in [-0.39, 0.29) is 17.2 Å². The largest absolute Gasteiger partial charge is 0.431 e. The number of carbonyl (C=O) groups excluding carboxylic acids is 2. The van der Waals surface area contributed by atoms with Crippen molar-refractivity contribution in [2.45, 2.75) is 78.1 Å². The highest BCUT2D eigenvalue weighted by molar-refractivity contribution is 5.92. The molecule has 0 heterocycles. The normalized spacial score (nSPS) is 17.0. The van der Waals surface area contributed by atoms with Crippen molar-refractivity contribution in [3.63, 3.8) is 0 Å². The first-order chi connectivity index (χ1) is 10.4. The lowest BCUT2D eigenvalue weighted by molar-refractivity contribution is -0.140. The lowest BCUT2D eigenvalue weighted by Crippen LogP contribution is -2.23. The highest BCUT2D eigenvalue weighted by Gasteiger charge is 2.29. The van der Waals surface area contributed by atoms with Crippen LogP contribution in [-0.4, -0.2) is 11.8 Å². The molecule has 0 aromatic carbocycles. The second-order valence-electron chi connectivity index (χ2n) is 7.02. The Bertz CT molecular complexity index is 418. The molecule has 0 amide bonds. The van der Waals surface area contributed by atoms with Crippen LogP contribution in [0.1, 0.15) is 78.1 Å². The Hall–Kier alpha value is -1.38. The van der Waals surface area contributed by atoms with Crippen LogP contribution >= 0.6 is 0 Å². The van der Waals surface area contributed by atoms with E-state index in [9.17, 15) is 9.59 Å². The number of ether oxygens (including phenoxy) is 1. The topological polar surface area (TPSA) is 43.4 Å². The number of hydrogen-bond acceptors (Lipinski definition) is 3. The zero-order chi connectivity index (χ0) is 16.4. The second kappa shape index (κ2) is 9.60. The van der Waals surface area contributed by atoms with Gasteiger partial charge in [-0.25, -0.2) is 0 Å². The lowest BCUT2D eigenvalue weighted by atomic mass is 9.79. The quantitative estimate of drug-likeness (QED) is 0.320. The van der Waals surface area contributed by atoms with Crippen LogP contribution in [0.15, 0.2) is 24.5 Å². The molecule has 0 fully saturated rings. The molecule has 0 aromatic heterocycles. The zero-order valence-corrected chi connectivity index (χ0v) is 14.2. The predicted octanol–water partition coefficient (Wildman–Crippen LogP) is 5.11. The molecule has 0 unspecified atom stereocenters. The Kier molecular flexibility index (Phi) is 8.15. The van der Waals surface area contributed by atoms with E-state index in [1.54, 1.807) is 0 Å². The van der Waals surface area contributed by atoms with Gasteiger partial charge < -0.3 is 4.74 Å². The van der Waals surface area contributed by atoms with Gasteiger partial charge in [-0.3, -0.25) is 9.59 Å². The molecule has 0 saturated heterocycles. The fourth-order valence-electron chi connectivity index (χ4n) is 2.82. The maximum absolute atomic E-state index is 11.8. The Balaban J connectivity index is 2.13. The minimum absolute atomic E-state index is 0.0542. The standard InChI is InChI=1S/C19H30O3/c1-4-5-6-7-8-9-10-11-12-18(21)22-17-13-16(20)14-19(2,3)15-17/h4,13H,1,5-12,14-15H2,2-3H3. The minimum atomic E-state index is -0.205. The minimum Gasteiger partial charge on any atom is -0.431 e. The number of ketones is 1. The third-order valence-electron chi connectivity index (χ3n) is 3.91. The summed E-state index contributed by atoms with van der Waals surface area (Å²) in [4.78, 5) is 23.4. The fraction of sp³-hybridized carbons (Fsp3) is 0.684. The molecule has 3 nitrogen and oxygen atoms in total. The van der Waals surface area contributed by atoms with Crippen LogP contribution in [0.4, 0.5) is 0 Å². The molecule has 22 heavy (non-hydrogen) atoms. The van der Waals surface area contributed by atoms with Gasteiger partial charge in [-0.15, -0.1) is 6.58 Å². The molecule has 0 aromatic rings. The Morgan fingerprint density at radius 2 is 1.82 bits per heavy atom. The van der Waals surface area contributed by atoms with E-state index in [4.69, 9.17) is 4.74 Å². The number of rotatable bonds is 10. The van der Waals surface area contributed by atoms with Crippen LogP contribution in [0.25, 0.3) is 0 Å². The van der Waals surface area contributed by atoms with Gasteiger partial charge in [-0.05, 0) is 24.7 Å². The Labute approximate surface area is 134 Å². The molecular weight excluding hydrogens is 276 g/mol. The van der Waals surface area contributed by atoms with Crippen molar-refractivity contribution in [3.05, 3.63) is 24.5 Å². The van der Waals surface area contributed by atoms with Gasteiger partial charge >= 0.3 is 5.97 Å². The molecule has 124 valence electrons. The first-order valence-corrected chi connectivity index (χ1v) is 8.48. The van der Waals surface area contributed by atoms with Gasteiger partial charge in [0.05, 0.1) is 0 Å². The molecule has 0 bridgehead atoms. The molecular formula is C19H30O3. The van der Waals surface area contributed by atoms with E-state index in [0.717, 1.165) is 19.3 Å². The highest BCUT2D eigenvalue weighted by Crippen LogP contribution is 2.34. The van der Waals surface area contributed by atoms with E-state index in [2.05, 4.69) is 6.58 Å². The van der Waals surface area contributed by atoms with Crippen molar-refractivity contribution >= 4 is 11.8 Å². The molecule has 0 aliphatic heterocycles. The summed E-state index contributed by atoms with van der Waals surface area (Å²) in [6.45, 7) is 7.76. The summed E-state index contributed by atoms with van der Waals surface area (Å²) in [5.74, 6) is 0.387. The van der Waals surface area contributed by atoms with Crippen molar-refractivity contribution in [3.8, 4) is 0 Å². The molecule has 0 N–H and O–H groups in total. The van der Waals surface area contributed by atoms with Crippen LogP contribution in [0.3, 0.4) is 0 Å². The van der Waals surface area contributed by atoms with Gasteiger partial charge in [0.1, 0.15) is 5.76 Å².